The maximum atomic E-state index is 12.4. The predicted molar refractivity (Wildman–Crippen MR) is 86.0 cm³/mol. The number of carbonyl (C=O) groups excluding carboxylic acids is 1. The molecule has 1 N–H and O–H groups in total. The minimum atomic E-state index is -0.0327. The van der Waals surface area contributed by atoms with Gasteiger partial charge in [-0.3, -0.25) is 9.89 Å². The molecule has 0 aliphatic carbocycles. The summed E-state index contributed by atoms with van der Waals surface area (Å²) in [6.45, 7) is 5.08. The number of nitrogens with one attached hydrogen (secondary N) is 1. The minimum Gasteiger partial charge on any atom is -0.367 e. The molecule has 0 unspecified atom stereocenters. The summed E-state index contributed by atoms with van der Waals surface area (Å²) >= 11 is 3.01. The van der Waals surface area contributed by atoms with Crippen molar-refractivity contribution < 1.29 is 9.53 Å². The van der Waals surface area contributed by atoms with Gasteiger partial charge in [0, 0.05) is 6.54 Å². The van der Waals surface area contributed by atoms with Gasteiger partial charge in [-0.25, -0.2) is 4.98 Å². The summed E-state index contributed by atoms with van der Waals surface area (Å²) in [5.74, 6) is 1.20. The lowest BCUT2D eigenvalue weighted by Crippen LogP contribution is -2.46. The lowest BCUT2D eigenvalue weighted by atomic mass is 10.1. The number of hydrogen-bond donors (Lipinski definition) is 1. The molecule has 2 atom stereocenters. The Kier molecular flexibility index (Phi) is 4.80. The fraction of sp³-hybridized carbons (Fsp3) is 0.500. The van der Waals surface area contributed by atoms with Gasteiger partial charge in [0.05, 0.1) is 18.4 Å². The Morgan fingerprint density at radius 2 is 2.45 bits per heavy atom. The number of H-pyrrole nitrogens is 1. The summed E-state index contributed by atoms with van der Waals surface area (Å²) in [6.07, 6.45) is 0.00746. The zero-order valence-electron chi connectivity index (χ0n) is 12.5. The molecule has 0 radical (unpaired) electrons. The van der Waals surface area contributed by atoms with Gasteiger partial charge in [0.25, 0.3) is 0 Å². The molecule has 22 heavy (non-hydrogen) atoms. The Hall–Kier alpha value is -1.38. The van der Waals surface area contributed by atoms with Crippen molar-refractivity contribution in [1.29, 1.82) is 0 Å². The second-order valence-electron chi connectivity index (χ2n) is 5.28. The maximum Gasteiger partial charge on any atom is 0.233 e. The zero-order valence-corrected chi connectivity index (χ0v) is 14.1. The van der Waals surface area contributed by atoms with Crippen molar-refractivity contribution in [2.75, 3.05) is 18.8 Å². The Bertz CT molecular complexity index is 629. The first-order valence-electron chi connectivity index (χ1n) is 7.09. The number of nitrogens with zero attached hydrogens (tertiary/aromatic N) is 3. The molecular weight excluding hydrogens is 320 g/mol. The van der Waals surface area contributed by atoms with Crippen molar-refractivity contribution in [3.63, 3.8) is 0 Å². The average Bonchev–Trinajstić information content (AvgIpc) is 3.15. The Morgan fingerprint density at radius 3 is 3.14 bits per heavy atom. The van der Waals surface area contributed by atoms with Crippen molar-refractivity contribution in [3.05, 3.63) is 28.2 Å². The number of aromatic amines is 1. The molecule has 3 rings (SSSR count). The fourth-order valence-corrected chi connectivity index (χ4v) is 3.85. The molecule has 118 valence electrons. The summed E-state index contributed by atoms with van der Waals surface area (Å²) in [4.78, 5) is 18.5. The number of rotatable bonds is 4. The van der Waals surface area contributed by atoms with Gasteiger partial charge in [0.1, 0.15) is 11.9 Å². The molecule has 3 heterocycles. The van der Waals surface area contributed by atoms with Crippen LogP contribution < -0.4 is 0 Å². The molecule has 0 spiro atoms. The number of thioether (sulfide) groups is 1. The first kappa shape index (κ1) is 15.5. The van der Waals surface area contributed by atoms with Crippen LogP contribution in [-0.4, -0.2) is 50.9 Å². The van der Waals surface area contributed by atoms with Gasteiger partial charge < -0.3 is 9.64 Å². The molecule has 1 aliphatic rings. The number of aromatic nitrogens is 3. The summed E-state index contributed by atoms with van der Waals surface area (Å²) < 4.78 is 5.95. The number of carbonyl (C=O) groups is 1. The van der Waals surface area contributed by atoms with Crippen molar-refractivity contribution in [2.45, 2.75) is 31.2 Å². The normalized spacial score (nSPS) is 22.0. The highest BCUT2D eigenvalue weighted by Crippen LogP contribution is 2.27. The number of ether oxygens (including phenoxy) is 1. The predicted octanol–water partition coefficient (Wildman–Crippen LogP) is 2.26. The molecule has 1 amide bonds. The average molecular weight is 338 g/mol. The van der Waals surface area contributed by atoms with Gasteiger partial charge in [-0.05, 0) is 36.2 Å². The van der Waals surface area contributed by atoms with Crippen LogP contribution in [0.25, 0.3) is 0 Å². The molecule has 1 aliphatic heterocycles. The van der Waals surface area contributed by atoms with Crippen molar-refractivity contribution in [2.24, 2.45) is 0 Å². The number of amides is 1. The maximum absolute atomic E-state index is 12.4. The number of thiophene rings is 1. The molecule has 6 nitrogen and oxygen atoms in total. The monoisotopic (exact) mass is 338 g/mol. The third kappa shape index (κ3) is 3.68. The molecule has 0 aromatic carbocycles. The Labute approximate surface area is 137 Å². The lowest BCUT2D eigenvalue weighted by molar-refractivity contribution is -0.142. The van der Waals surface area contributed by atoms with E-state index in [9.17, 15) is 4.79 Å². The van der Waals surface area contributed by atoms with E-state index in [-0.39, 0.29) is 18.1 Å². The highest BCUT2D eigenvalue weighted by atomic mass is 32.2. The van der Waals surface area contributed by atoms with E-state index >= 15 is 0 Å². The first-order chi connectivity index (χ1) is 10.6. The number of hydrogen-bond acceptors (Lipinski definition) is 6. The first-order valence-corrected chi connectivity index (χ1v) is 9.02. The van der Waals surface area contributed by atoms with Crippen LogP contribution in [0.3, 0.4) is 0 Å². The van der Waals surface area contributed by atoms with Crippen LogP contribution in [0.2, 0.25) is 0 Å². The van der Waals surface area contributed by atoms with E-state index in [1.54, 1.807) is 11.3 Å². The van der Waals surface area contributed by atoms with E-state index in [4.69, 9.17) is 4.74 Å². The molecule has 1 saturated heterocycles. The Balaban J connectivity index is 1.59. The van der Waals surface area contributed by atoms with Gasteiger partial charge in [0.15, 0.2) is 0 Å². The van der Waals surface area contributed by atoms with E-state index in [2.05, 4.69) is 26.6 Å². The third-order valence-electron chi connectivity index (χ3n) is 3.43. The second-order valence-corrected chi connectivity index (χ2v) is 7.01. The topological polar surface area (TPSA) is 71.1 Å². The minimum absolute atomic E-state index is 0.0327. The van der Waals surface area contributed by atoms with Gasteiger partial charge in [-0.1, -0.05) is 11.8 Å². The van der Waals surface area contributed by atoms with Gasteiger partial charge in [-0.2, -0.15) is 11.3 Å². The highest BCUT2D eigenvalue weighted by molar-refractivity contribution is 7.99. The van der Waals surface area contributed by atoms with Crippen molar-refractivity contribution in [3.8, 4) is 0 Å². The summed E-state index contributed by atoms with van der Waals surface area (Å²) in [7, 11) is 0. The molecule has 8 heteroatoms. The van der Waals surface area contributed by atoms with Gasteiger partial charge in [0.2, 0.25) is 11.1 Å². The van der Waals surface area contributed by atoms with Gasteiger partial charge >= 0.3 is 0 Å². The standard InChI is InChI=1S/C14H18N4O2S2/c1-9-5-18(6-12(20-9)11-3-4-21-7-11)13(19)8-22-14-15-10(2)16-17-14/h3-4,7,9,12H,5-6,8H2,1-2H3,(H,15,16,17)/t9-,12+/m1/s1. The van der Waals surface area contributed by atoms with Crippen LogP contribution >= 0.6 is 23.1 Å². The molecule has 2 aromatic heterocycles. The molecular formula is C14H18N4O2S2. The number of morpholine rings is 1. The summed E-state index contributed by atoms with van der Waals surface area (Å²) in [5.41, 5.74) is 1.14. The summed E-state index contributed by atoms with van der Waals surface area (Å²) in [6, 6.07) is 2.06. The van der Waals surface area contributed by atoms with Crippen LogP contribution in [0.5, 0.6) is 0 Å². The van der Waals surface area contributed by atoms with E-state index in [1.165, 1.54) is 11.8 Å². The SMILES string of the molecule is Cc1nc(SCC(=O)N2C[C@@H](C)O[C@H](c3ccsc3)C2)n[nH]1. The molecule has 0 saturated carbocycles. The summed E-state index contributed by atoms with van der Waals surface area (Å²) in [5, 5.41) is 11.5. The third-order valence-corrected chi connectivity index (χ3v) is 4.96. The van der Waals surface area contributed by atoms with Crippen molar-refractivity contribution >= 4 is 29.0 Å². The number of aryl methyl sites for hydroxylation is 1. The van der Waals surface area contributed by atoms with Crippen LogP contribution in [-0.2, 0) is 9.53 Å². The van der Waals surface area contributed by atoms with Crippen LogP contribution in [0.4, 0.5) is 0 Å². The van der Waals surface area contributed by atoms with Crippen LogP contribution in [0, 0.1) is 6.92 Å². The lowest BCUT2D eigenvalue weighted by Gasteiger charge is -2.36. The highest BCUT2D eigenvalue weighted by Gasteiger charge is 2.29. The molecule has 1 fully saturated rings. The van der Waals surface area contributed by atoms with E-state index in [0.29, 0.717) is 24.0 Å². The largest absolute Gasteiger partial charge is 0.367 e. The van der Waals surface area contributed by atoms with Crippen LogP contribution in [0.1, 0.15) is 24.4 Å². The van der Waals surface area contributed by atoms with Crippen molar-refractivity contribution in [1.82, 2.24) is 20.1 Å². The van der Waals surface area contributed by atoms with Gasteiger partial charge in [-0.15, -0.1) is 5.10 Å². The quantitative estimate of drug-likeness (QED) is 0.866. The fourth-order valence-electron chi connectivity index (χ4n) is 2.40. The molecule has 0 bridgehead atoms. The Morgan fingerprint density at radius 1 is 1.59 bits per heavy atom. The van der Waals surface area contributed by atoms with Crippen LogP contribution in [0.15, 0.2) is 22.0 Å². The smallest absolute Gasteiger partial charge is 0.233 e. The second kappa shape index (κ2) is 6.80. The zero-order chi connectivity index (χ0) is 15.5. The van der Waals surface area contributed by atoms with E-state index in [1.807, 2.05) is 24.1 Å². The van der Waals surface area contributed by atoms with E-state index < -0.39 is 0 Å². The molecule has 2 aromatic rings. The van der Waals surface area contributed by atoms with E-state index in [0.717, 1.165) is 11.4 Å².